The maximum absolute atomic E-state index is 13.3. The molecular formula is C53H65N5O8. The van der Waals surface area contributed by atoms with Crippen molar-refractivity contribution in [3.63, 3.8) is 0 Å². The van der Waals surface area contributed by atoms with Crippen LogP contribution >= 0.6 is 0 Å². The third kappa shape index (κ3) is 14.7. The van der Waals surface area contributed by atoms with Crippen molar-refractivity contribution in [2.45, 2.75) is 77.8 Å². The van der Waals surface area contributed by atoms with Crippen molar-refractivity contribution in [1.82, 2.24) is 15.2 Å². The van der Waals surface area contributed by atoms with Gasteiger partial charge in [0, 0.05) is 49.2 Å². The fraction of sp³-hybridized carbons (Fsp3) is 0.415. The Bertz CT molecular complexity index is 2320. The quantitative estimate of drug-likeness (QED) is 0.0998. The molecule has 7 rings (SSSR count). The molecule has 2 heterocycles. The van der Waals surface area contributed by atoms with Gasteiger partial charge in [-0.3, -0.25) is 19.2 Å². The van der Waals surface area contributed by atoms with Gasteiger partial charge in [0.25, 0.3) is 5.91 Å². The molecule has 1 aromatic heterocycles. The number of carbonyl (C=O) groups is 4. The third-order valence-corrected chi connectivity index (χ3v) is 12.2. The first-order valence-corrected chi connectivity index (χ1v) is 22.8. The van der Waals surface area contributed by atoms with Crippen LogP contribution in [-0.4, -0.2) is 86.0 Å². The normalized spacial score (nSPS) is 17.0. The van der Waals surface area contributed by atoms with Crippen LogP contribution in [0.3, 0.4) is 0 Å². The van der Waals surface area contributed by atoms with E-state index in [0.29, 0.717) is 25.0 Å². The summed E-state index contributed by atoms with van der Waals surface area (Å²) in [4.78, 5) is 51.1. The average molecular weight is 900 g/mol. The first-order chi connectivity index (χ1) is 31.8. The van der Waals surface area contributed by atoms with E-state index >= 15 is 0 Å². The number of aromatic nitrogens is 1. The smallest absolute Gasteiger partial charge is 0.308 e. The van der Waals surface area contributed by atoms with Gasteiger partial charge in [0.05, 0.1) is 51.3 Å². The summed E-state index contributed by atoms with van der Waals surface area (Å²) in [5.41, 5.74) is 7.13. The topological polar surface area (TPSA) is 172 Å². The van der Waals surface area contributed by atoms with Crippen LogP contribution in [0.1, 0.15) is 72.3 Å². The van der Waals surface area contributed by atoms with Gasteiger partial charge in [0.1, 0.15) is 17.5 Å². The largest absolute Gasteiger partial charge is 0.508 e. The van der Waals surface area contributed by atoms with Gasteiger partial charge < -0.3 is 39.4 Å². The molecule has 2 aliphatic rings. The number of esters is 2. The van der Waals surface area contributed by atoms with E-state index in [4.69, 9.17) is 9.84 Å². The van der Waals surface area contributed by atoms with Crippen molar-refractivity contribution >= 4 is 40.3 Å². The second-order valence-electron chi connectivity index (χ2n) is 17.2. The number of aromatic hydroxyl groups is 1. The van der Waals surface area contributed by atoms with E-state index in [1.54, 1.807) is 24.3 Å². The predicted octanol–water partition coefficient (Wildman–Crippen LogP) is 7.65. The molecule has 5 aromatic rings. The first kappa shape index (κ1) is 50.4. The van der Waals surface area contributed by atoms with E-state index in [-0.39, 0.29) is 53.3 Å². The van der Waals surface area contributed by atoms with E-state index in [0.717, 1.165) is 79.7 Å². The molecule has 13 heteroatoms. The van der Waals surface area contributed by atoms with Crippen LogP contribution in [0, 0.1) is 36.0 Å². The molecule has 1 saturated carbocycles. The second kappa shape index (κ2) is 25.2. The Morgan fingerprint density at radius 3 is 1.91 bits per heavy atom. The second-order valence-corrected chi connectivity index (χ2v) is 17.2. The van der Waals surface area contributed by atoms with E-state index in [1.807, 2.05) is 74.9 Å². The summed E-state index contributed by atoms with van der Waals surface area (Å²) >= 11 is 0. The van der Waals surface area contributed by atoms with Gasteiger partial charge in [0.15, 0.2) is 0 Å². The Hall–Kier alpha value is -6.65. The SMILES string of the molecule is COC(=O)[C@@H](C)Cc1ccc(C)cc1.COC(=O)[C@@H](C)Cc1ccc(O)cc1.Cn1c(C(=O)N[C@H]2CCCC[C@H]2C(=O)NC(C#N)Cc2ccc(N3CCOCC3)cc2)cc2ccccc21. The molecule has 66 heavy (non-hydrogen) atoms. The summed E-state index contributed by atoms with van der Waals surface area (Å²) in [6.07, 6.45) is 5.14. The number of hydrogen-bond donors (Lipinski definition) is 3. The van der Waals surface area contributed by atoms with Crippen LogP contribution in [0.15, 0.2) is 103 Å². The van der Waals surface area contributed by atoms with Crippen molar-refractivity contribution in [3.05, 3.63) is 131 Å². The molecule has 1 aliphatic carbocycles. The highest BCUT2D eigenvalue weighted by Crippen LogP contribution is 2.27. The number of nitrogens with one attached hydrogen (secondary N) is 2. The minimum absolute atomic E-state index is 0.0669. The van der Waals surface area contributed by atoms with Gasteiger partial charge in [0.2, 0.25) is 5.91 Å². The molecule has 1 saturated heterocycles. The van der Waals surface area contributed by atoms with Crippen molar-refractivity contribution in [2.75, 3.05) is 45.4 Å². The first-order valence-electron chi connectivity index (χ1n) is 22.8. The Balaban J connectivity index is 0.000000238. The highest BCUT2D eigenvalue weighted by atomic mass is 16.5. The molecule has 350 valence electrons. The minimum atomic E-state index is -0.631. The van der Waals surface area contributed by atoms with Gasteiger partial charge >= 0.3 is 11.9 Å². The molecule has 5 atom stereocenters. The zero-order chi connectivity index (χ0) is 47.6. The average Bonchev–Trinajstić information content (AvgIpc) is 3.69. The standard InChI is InChI=1S/C30H35N5O3.C12H16O2.C11H14O3/c1-34-27-9-5-2-6-22(27)19-28(34)30(37)33-26-8-4-3-7-25(26)29(36)32-23(20-31)18-21-10-12-24(13-11-21)35-14-16-38-17-15-35;1-9-4-6-11(7-5-9)8-10(2)12(13)14-3;1-8(11(13)14-2)7-9-3-5-10(12)6-4-9/h2,5-6,9-13,19,23,25-26H,3-4,7-8,14-18H2,1H3,(H,32,36)(H,33,37);4-7,10H,8H2,1-3H3;3-6,8,12H,7H2,1-2H3/t23?,25-,26+;10-;8-/m100/s1. The molecule has 0 radical (unpaired) electrons. The number of anilines is 1. The van der Waals surface area contributed by atoms with E-state index in [9.17, 15) is 24.4 Å². The van der Waals surface area contributed by atoms with Crippen molar-refractivity contribution in [3.8, 4) is 11.8 Å². The summed E-state index contributed by atoms with van der Waals surface area (Å²) in [6, 6.07) is 34.3. The summed E-state index contributed by atoms with van der Waals surface area (Å²) in [6.45, 7) is 8.95. The number of amides is 2. The van der Waals surface area contributed by atoms with Crippen molar-refractivity contribution < 1.29 is 38.5 Å². The Morgan fingerprint density at radius 2 is 1.33 bits per heavy atom. The molecular weight excluding hydrogens is 835 g/mol. The molecule has 1 unspecified atom stereocenters. The number of phenolic OH excluding ortho intramolecular Hbond substituents is 1. The van der Waals surface area contributed by atoms with E-state index < -0.39 is 6.04 Å². The zero-order valence-corrected chi connectivity index (χ0v) is 39.1. The van der Waals surface area contributed by atoms with Gasteiger partial charge in [-0.05, 0) is 85.7 Å². The van der Waals surface area contributed by atoms with Gasteiger partial charge in [-0.1, -0.05) is 99.0 Å². The Labute approximate surface area is 389 Å². The van der Waals surface area contributed by atoms with Crippen molar-refractivity contribution in [1.29, 1.82) is 5.26 Å². The van der Waals surface area contributed by atoms with Gasteiger partial charge in [-0.15, -0.1) is 0 Å². The lowest BCUT2D eigenvalue weighted by Gasteiger charge is -2.32. The number of carbonyl (C=O) groups excluding carboxylic acids is 4. The highest BCUT2D eigenvalue weighted by molar-refractivity contribution is 5.99. The number of fused-ring (bicyclic) bond motifs is 1. The predicted molar refractivity (Wildman–Crippen MR) is 256 cm³/mol. The van der Waals surface area contributed by atoms with E-state index in [1.165, 1.54) is 25.3 Å². The van der Waals surface area contributed by atoms with Gasteiger partial charge in [-0.25, -0.2) is 0 Å². The lowest BCUT2D eigenvalue weighted by atomic mass is 9.83. The zero-order valence-electron chi connectivity index (χ0n) is 39.1. The summed E-state index contributed by atoms with van der Waals surface area (Å²) in [5, 5.41) is 25.9. The molecule has 2 fully saturated rings. The molecule has 3 N–H and O–H groups in total. The fourth-order valence-corrected chi connectivity index (χ4v) is 8.31. The number of para-hydroxylation sites is 1. The molecule has 13 nitrogen and oxygen atoms in total. The maximum Gasteiger partial charge on any atom is 0.308 e. The van der Waals surface area contributed by atoms with Crippen LogP contribution in [0.5, 0.6) is 5.75 Å². The summed E-state index contributed by atoms with van der Waals surface area (Å²) in [7, 11) is 4.69. The monoisotopic (exact) mass is 899 g/mol. The fourth-order valence-electron chi connectivity index (χ4n) is 8.31. The molecule has 4 aromatic carbocycles. The number of nitriles is 1. The number of methoxy groups -OCH3 is 2. The number of aryl methyl sites for hydroxylation is 2. The highest BCUT2D eigenvalue weighted by Gasteiger charge is 2.34. The van der Waals surface area contributed by atoms with Crippen LogP contribution in [0.2, 0.25) is 0 Å². The summed E-state index contributed by atoms with van der Waals surface area (Å²) in [5.74, 6) is -1.04. The summed E-state index contributed by atoms with van der Waals surface area (Å²) < 4.78 is 16.6. The van der Waals surface area contributed by atoms with Crippen LogP contribution < -0.4 is 15.5 Å². The van der Waals surface area contributed by atoms with Crippen LogP contribution in [0.25, 0.3) is 10.9 Å². The van der Waals surface area contributed by atoms with Crippen molar-refractivity contribution in [2.24, 2.45) is 24.8 Å². The number of morpholine rings is 1. The molecule has 0 bridgehead atoms. The minimum Gasteiger partial charge on any atom is -0.508 e. The molecule has 2 amide bonds. The molecule has 0 spiro atoms. The number of ether oxygens (including phenoxy) is 3. The van der Waals surface area contributed by atoms with Crippen LogP contribution in [0.4, 0.5) is 5.69 Å². The lowest BCUT2D eigenvalue weighted by Crippen LogP contribution is -2.50. The number of nitrogens with zero attached hydrogens (tertiary/aromatic N) is 3. The Morgan fingerprint density at radius 1 is 0.788 bits per heavy atom. The number of hydrogen-bond acceptors (Lipinski definition) is 10. The van der Waals surface area contributed by atoms with Crippen LogP contribution in [-0.2, 0) is 54.9 Å². The third-order valence-electron chi connectivity index (χ3n) is 12.2. The molecule has 1 aliphatic heterocycles. The Kier molecular flexibility index (Phi) is 19.2. The van der Waals surface area contributed by atoms with Gasteiger partial charge in [-0.2, -0.15) is 5.26 Å². The lowest BCUT2D eigenvalue weighted by molar-refractivity contribution is -0.145. The van der Waals surface area contributed by atoms with E-state index in [2.05, 4.69) is 67.5 Å². The maximum atomic E-state index is 13.3. The number of rotatable bonds is 13. The number of benzene rings is 4. The number of phenols is 1.